The summed E-state index contributed by atoms with van der Waals surface area (Å²) in [5.74, 6) is 0.946. The largest absolute Gasteiger partial charge is 0.491 e. The molecule has 1 saturated heterocycles. The molecule has 0 spiro atoms. The molecule has 2 heterocycles. The lowest BCUT2D eigenvalue weighted by Gasteiger charge is -2.17. The normalized spacial score (nSPS) is 17.1. The predicted molar refractivity (Wildman–Crippen MR) is 113 cm³/mol. The maximum Gasteiger partial charge on any atom is 0.253 e. The first-order valence-corrected chi connectivity index (χ1v) is 10.3. The first-order valence-electron chi connectivity index (χ1n) is 9.88. The van der Waals surface area contributed by atoms with E-state index in [1.165, 1.54) is 10.4 Å². The number of aliphatic hydroxyl groups is 1. The van der Waals surface area contributed by atoms with Crippen LogP contribution < -0.4 is 4.74 Å². The molecule has 1 fully saturated rings. The Bertz CT molecular complexity index is 961. The fraction of sp³-hybridized carbons (Fsp3) is 0.318. The van der Waals surface area contributed by atoms with Crippen LogP contribution in [-0.2, 0) is 6.54 Å². The highest BCUT2D eigenvalue weighted by Gasteiger charge is 2.28. The number of ether oxygens (including phenoxy) is 1. The topological polar surface area (TPSA) is 80.5 Å². The zero-order valence-corrected chi connectivity index (χ0v) is 17.2. The third-order valence-electron chi connectivity index (χ3n) is 5.20. The van der Waals surface area contributed by atoms with E-state index in [9.17, 15) is 9.90 Å². The molecule has 0 radical (unpaired) electrons. The average Bonchev–Trinajstić information content (AvgIpc) is 3.45. The molecule has 0 aliphatic carbocycles. The quantitative estimate of drug-likeness (QED) is 0.628. The number of aromatic nitrogens is 3. The van der Waals surface area contributed by atoms with Crippen LogP contribution in [0, 0.1) is 0 Å². The summed E-state index contributed by atoms with van der Waals surface area (Å²) in [6.07, 6.45) is 3.33. The number of rotatable bonds is 7. The van der Waals surface area contributed by atoms with Gasteiger partial charge in [0.25, 0.3) is 5.91 Å². The Balaban J connectivity index is 1.29. The van der Waals surface area contributed by atoms with Crippen LogP contribution in [0.25, 0.3) is 0 Å². The van der Waals surface area contributed by atoms with Gasteiger partial charge in [-0.05, 0) is 48.4 Å². The summed E-state index contributed by atoms with van der Waals surface area (Å²) in [5.41, 5.74) is 1.84. The number of aliphatic hydroxyl groups excluding tert-OH is 1. The molecule has 1 aliphatic rings. The predicted octanol–water partition coefficient (Wildman–Crippen LogP) is 3.00. The van der Waals surface area contributed by atoms with Gasteiger partial charge in [-0.2, -0.15) is 15.0 Å². The Hall–Kier alpha value is -2.90. The molecular weight excluding hydrogens is 404 g/mol. The third kappa shape index (κ3) is 4.98. The molecule has 8 heteroatoms. The Morgan fingerprint density at radius 1 is 1.13 bits per heavy atom. The highest BCUT2D eigenvalue weighted by Crippen LogP contribution is 2.29. The van der Waals surface area contributed by atoms with E-state index in [2.05, 4.69) is 10.2 Å². The van der Waals surface area contributed by atoms with Gasteiger partial charge in [-0.15, -0.1) is 0 Å². The zero-order chi connectivity index (χ0) is 20.9. The SMILES string of the molecule is O=C(c1ccc(OCC(O)Cn2nccn2)cc1)N1CCC(c2ccc(Cl)cc2)C1. The zero-order valence-electron chi connectivity index (χ0n) is 16.4. The van der Waals surface area contributed by atoms with Crippen LogP contribution in [0.1, 0.15) is 28.3 Å². The molecule has 1 aliphatic heterocycles. The molecule has 1 N–H and O–H groups in total. The number of halogens is 1. The van der Waals surface area contributed by atoms with Gasteiger partial charge >= 0.3 is 0 Å². The lowest BCUT2D eigenvalue weighted by atomic mass is 9.99. The number of benzene rings is 2. The maximum atomic E-state index is 12.8. The van der Waals surface area contributed by atoms with Gasteiger partial charge < -0.3 is 14.7 Å². The van der Waals surface area contributed by atoms with E-state index >= 15 is 0 Å². The summed E-state index contributed by atoms with van der Waals surface area (Å²) in [4.78, 5) is 16.1. The highest BCUT2D eigenvalue weighted by molar-refractivity contribution is 6.30. The molecule has 0 saturated carbocycles. The minimum Gasteiger partial charge on any atom is -0.491 e. The van der Waals surface area contributed by atoms with E-state index in [0.29, 0.717) is 23.8 Å². The van der Waals surface area contributed by atoms with Crippen molar-refractivity contribution in [3.63, 3.8) is 0 Å². The van der Waals surface area contributed by atoms with Crippen LogP contribution >= 0.6 is 11.6 Å². The fourth-order valence-electron chi connectivity index (χ4n) is 3.60. The second kappa shape index (κ2) is 9.28. The molecule has 2 unspecified atom stereocenters. The number of likely N-dealkylation sites (tertiary alicyclic amines) is 1. The van der Waals surface area contributed by atoms with Crippen molar-refractivity contribution in [1.82, 2.24) is 19.9 Å². The van der Waals surface area contributed by atoms with Crippen molar-refractivity contribution in [2.24, 2.45) is 0 Å². The minimum absolute atomic E-state index is 0.0165. The standard InChI is InChI=1S/C22H23ClN4O3/c23-19-5-1-16(2-6-19)18-9-12-26(13-18)22(29)17-3-7-21(8-4-17)30-15-20(28)14-27-24-10-11-25-27/h1-8,10-11,18,20,28H,9,12-15H2. The van der Waals surface area contributed by atoms with Crippen LogP contribution in [0.2, 0.25) is 5.02 Å². The Morgan fingerprint density at radius 2 is 1.83 bits per heavy atom. The molecule has 0 bridgehead atoms. The molecule has 4 rings (SSSR count). The lowest BCUT2D eigenvalue weighted by molar-refractivity contribution is 0.0789. The maximum absolute atomic E-state index is 12.8. The van der Waals surface area contributed by atoms with Gasteiger partial charge in [-0.1, -0.05) is 23.7 Å². The van der Waals surface area contributed by atoms with Gasteiger partial charge in [0.2, 0.25) is 0 Å². The van der Waals surface area contributed by atoms with Crippen LogP contribution in [0.15, 0.2) is 60.9 Å². The van der Waals surface area contributed by atoms with E-state index in [4.69, 9.17) is 16.3 Å². The van der Waals surface area contributed by atoms with Gasteiger partial charge in [0.05, 0.1) is 18.9 Å². The van der Waals surface area contributed by atoms with Crippen molar-refractivity contribution >= 4 is 17.5 Å². The summed E-state index contributed by atoms with van der Waals surface area (Å²) in [7, 11) is 0. The molecule has 7 nitrogen and oxygen atoms in total. The third-order valence-corrected chi connectivity index (χ3v) is 5.45. The van der Waals surface area contributed by atoms with Gasteiger partial charge in [0.15, 0.2) is 0 Å². The van der Waals surface area contributed by atoms with E-state index in [0.717, 1.165) is 18.0 Å². The molecule has 1 amide bonds. The van der Waals surface area contributed by atoms with E-state index < -0.39 is 6.10 Å². The van der Waals surface area contributed by atoms with Crippen molar-refractivity contribution in [3.8, 4) is 5.75 Å². The number of carbonyl (C=O) groups is 1. The van der Waals surface area contributed by atoms with Crippen molar-refractivity contribution in [2.45, 2.75) is 25.0 Å². The van der Waals surface area contributed by atoms with E-state index in [1.54, 1.807) is 36.7 Å². The average molecular weight is 427 g/mol. The molecule has 3 aromatic rings. The minimum atomic E-state index is -0.729. The number of nitrogens with zero attached hydrogens (tertiary/aromatic N) is 4. The highest BCUT2D eigenvalue weighted by atomic mass is 35.5. The van der Waals surface area contributed by atoms with Gasteiger partial charge in [-0.3, -0.25) is 4.79 Å². The lowest BCUT2D eigenvalue weighted by Crippen LogP contribution is -2.28. The molecule has 156 valence electrons. The molecular formula is C22H23ClN4O3. The monoisotopic (exact) mass is 426 g/mol. The smallest absolute Gasteiger partial charge is 0.253 e. The fourth-order valence-corrected chi connectivity index (χ4v) is 3.73. The van der Waals surface area contributed by atoms with Gasteiger partial charge in [0, 0.05) is 29.6 Å². The van der Waals surface area contributed by atoms with Gasteiger partial charge in [0.1, 0.15) is 18.5 Å². The molecule has 30 heavy (non-hydrogen) atoms. The first kappa shape index (κ1) is 20.4. The second-order valence-corrected chi connectivity index (χ2v) is 7.80. The summed E-state index contributed by atoms with van der Waals surface area (Å²) in [5, 5.41) is 18.6. The van der Waals surface area contributed by atoms with Crippen LogP contribution in [0.4, 0.5) is 0 Å². The molecule has 2 atom stereocenters. The van der Waals surface area contributed by atoms with Crippen molar-refractivity contribution in [2.75, 3.05) is 19.7 Å². The van der Waals surface area contributed by atoms with Gasteiger partial charge in [-0.25, -0.2) is 0 Å². The van der Waals surface area contributed by atoms with Crippen LogP contribution in [0.5, 0.6) is 5.75 Å². The van der Waals surface area contributed by atoms with E-state index in [-0.39, 0.29) is 19.1 Å². The summed E-state index contributed by atoms with van der Waals surface area (Å²) in [6, 6.07) is 14.9. The number of carbonyl (C=O) groups excluding carboxylic acids is 1. The van der Waals surface area contributed by atoms with Crippen molar-refractivity contribution in [3.05, 3.63) is 77.1 Å². The Labute approximate surface area is 179 Å². The summed E-state index contributed by atoms with van der Waals surface area (Å²) in [6.45, 7) is 1.81. The van der Waals surface area contributed by atoms with Crippen molar-refractivity contribution in [1.29, 1.82) is 0 Å². The molecule has 1 aromatic heterocycles. The second-order valence-electron chi connectivity index (χ2n) is 7.36. The summed E-state index contributed by atoms with van der Waals surface area (Å²) >= 11 is 5.97. The number of hydrogen-bond acceptors (Lipinski definition) is 5. The summed E-state index contributed by atoms with van der Waals surface area (Å²) < 4.78 is 5.61. The Morgan fingerprint density at radius 3 is 2.53 bits per heavy atom. The Kier molecular flexibility index (Phi) is 6.30. The van der Waals surface area contributed by atoms with Crippen molar-refractivity contribution < 1.29 is 14.6 Å². The number of amides is 1. The molecule has 2 aromatic carbocycles. The number of hydrogen-bond donors (Lipinski definition) is 1. The first-order chi connectivity index (χ1) is 14.6. The van der Waals surface area contributed by atoms with Crippen LogP contribution in [0.3, 0.4) is 0 Å². The van der Waals surface area contributed by atoms with Crippen LogP contribution in [-0.4, -0.2) is 56.7 Å². The van der Waals surface area contributed by atoms with E-state index in [1.807, 2.05) is 29.2 Å².